The molecule has 2 aromatic heterocycles. The third kappa shape index (κ3) is 4.75. The van der Waals surface area contributed by atoms with Gasteiger partial charge in [0.2, 0.25) is 5.89 Å². The first-order valence-electron chi connectivity index (χ1n) is 9.42. The number of halogens is 5. The highest BCUT2D eigenvalue weighted by molar-refractivity contribution is 6.31. The Morgan fingerprint density at radius 1 is 1.16 bits per heavy atom. The van der Waals surface area contributed by atoms with E-state index in [1.807, 2.05) is 18.3 Å². The molecule has 2 N–H and O–H groups in total. The van der Waals surface area contributed by atoms with Crippen LogP contribution in [0.25, 0.3) is 10.9 Å². The molecule has 1 amide bonds. The molecule has 2 aromatic carbocycles. The van der Waals surface area contributed by atoms with Crippen LogP contribution in [0.15, 0.2) is 47.1 Å². The van der Waals surface area contributed by atoms with E-state index in [-0.39, 0.29) is 23.8 Å². The third-order valence-electron chi connectivity index (χ3n) is 4.80. The van der Waals surface area contributed by atoms with Gasteiger partial charge in [-0.1, -0.05) is 22.8 Å². The Balaban J connectivity index is 1.39. The Labute approximate surface area is 183 Å². The molecule has 0 radical (unpaired) electrons. The summed E-state index contributed by atoms with van der Waals surface area (Å²) in [5, 5.41) is 7.69. The lowest BCUT2D eigenvalue weighted by atomic mass is 10.0. The zero-order valence-electron chi connectivity index (χ0n) is 16.3. The predicted octanol–water partition coefficient (Wildman–Crippen LogP) is 4.93. The van der Waals surface area contributed by atoms with E-state index >= 15 is 0 Å². The maximum absolute atomic E-state index is 13.2. The van der Waals surface area contributed by atoms with Gasteiger partial charge in [0.15, 0.2) is 0 Å². The molecule has 0 atom stereocenters. The van der Waals surface area contributed by atoms with E-state index in [0.29, 0.717) is 17.5 Å². The molecule has 0 bridgehead atoms. The fraction of sp³-hybridized carbons (Fsp3) is 0.190. The van der Waals surface area contributed by atoms with Crippen LogP contribution in [0.5, 0.6) is 0 Å². The number of nitrogens with zero attached hydrogens (tertiary/aromatic N) is 2. The van der Waals surface area contributed by atoms with Crippen molar-refractivity contribution < 1.29 is 26.9 Å². The highest BCUT2D eigenvalue weighted by Crippen LogP contribution is 2.33. The number of hydrogen-bond acceptors (Lipinski definition) is 4. The third-order valence-corrected chi connectivity index (χ3v) is 5.03. The van der Waals surface area contributed by atoms with Crippen LogP contribution in [0.3, 0.4) is 0 Å². The van der Waals surface area contributed by atoms with Crippen molar-refractivity contribution in [2.45, 2.75) is 19.0 Å². The SMILES string of the molecule is O=C(NCCc1c[nH]c2ccc(Cl)cc12)c1noc(Cc2ccc(F)cc2C(F)(F)F)n1. The average molecular weight is 467 g/mol. The summed E-state index contributed by atoms with van der Waals surface area (Å²) in [7, 11) is 0. The first-order chi connectivity index (χ1) is 15.2. The van der Waals surface area contributed by atoms with E-state index in [2.05, 4.69) is 20.4 Å². The standard InChI is InChI=1S/C21H15ClF4N4O2/c22-13-2-4-17-15(8-13)12(10-28-17)5-6-27-20(31)19-29-18(32-30-19)7-11-1-3-14(23)9-16(11)21(24,25)26/h1-4,8-10,28H,5-7H2,(H,27,31). The summed E-state index contributed by atoms with van der Waals surface area (Å²) in [6.45, 7) is 0.262. The second-order valence-corrected chi connectivity index (χ2v) is 7.43. The fourth-order valence-electron chi connectivity index (χ4n) is 3.30. The lowest BCUT2D eigenvalue weighted by Gasteiger charge is -2.11. The number of hydrogen-bond donors (Lipinski definition) is 2. The van der Waals surface area contributed by atoms with E-state index in [0.717, 1.165) is 28.6 Å². The van der Waals surface area contributed by atoms with Crippen LogP contribution in [0, 0.1) is 5.82 Å². The van der Waals surface area contributed by atoms with Crippen molar-refractivity contribution >= 4 is 28.4 Å². The molecule has 0 saturated heterocycles. The lowest BCUT2D eigenvalue weighted by molar-refractivity contribution is -0.138. The van der Waals surface area contributed by atoms with Crippen molar-refractivity contribution in [3.8, 4) is 0 Å². The van der Waals surface area contributed by atoms with E-state index in [1.54, 1.807) is 6.07 Å². The second kappa shape index (κ2) is 8.62. The quantitative estimate of drug-likeness (QED) is 0.395. The molecule has 0 saturated carbocycles. The van der Waals surface area contributed by atoms with Gasteiger partial charge in [0.1, 0.15) is 5.82 Å². The predicted molar refractivity (Wildman–Crippen MR) is 108 cm³/mol. The molecule has 4 aromatic rings. The average Bonchev–Trinajstić information content (AvgIpc) is 3.36. The van der Waals surface area contributed by atoms with Gasteiger partial charge in [0.25, 0.3) is 11.7 Å². The van der Waals surface area contributed by atoms with Crippen LogP contribution < -0.4 is 5.32 Å². The minimum atomic E-state index is -4.75. The normalized spacial score (nSPS) is 11.8. The lowest BCUT2D eigenvalue weighted by Crippen LogP contribution is -2.26. The second-order valence-electron chi connectivity index (χ2n) is 7.00. The summed E-state index contributed by atoms with van der Waals surface area (Å²) in [5.74, 6) is -2.15. The van der Waals surface area contributed by atoms with E-state index in [4.69, 9.17) is 16.1 Å². The summed E-state index contributed by atoms with van der Waals surface area (Å²) in [6, 6.07) is 7.75. The van der Waals surface area contributed by atoms with Crippen molar-refractivity contribution in [3.63, 3.8) is 0 Å². The van der Waals surface area contributed by atoms with Gasteiger partial charge in [0.05, 0.1) is 12.0 Å². The monoisotopic (exact) mass is 466 g/mol. The van der Waals surface area contributed by atoms with Crippen LogP contribution in [-0.4, -0.2) is 27.6 Å². The Bertz CT molecular complexity index is 1280. The first kappa shape index (κ1) is 21.8. The molecule has 0 fully saturated rings. The molecule has 11 heteroatoms. The molecular weight excluding hydrogens is 452 g/mol. The number of benzene rings is 2. The van der Waals surface area contributed by atoms with Gasteiger partial charge < -0.3 is 14.8 Å². The van der Waals surface area contributed by atoms with Crippen molar-refractivity contribution in [1.29, 1.82) is 0 Å². The molecule has 0 spiro atoms. The minimum Gasteiger partial charge on any atom is -0.361 e. The summed E-state index contributed by atoms with van der Waals surface area (Å²) >= 11 is 6.02. The van der Waals surface area contributed by atoms with E-state index < -0.39 is 29.9 Å². The number of nitrogens with one attached hydrogen (secondary N) is 2. The Hall–Kier alpha value is -3.40. The van der Waals surface area contributed by atoms with E-state index in [9.17, 15) is 22.4 Å². The highest BCUT2D eigenvalue weighted by atomic mass is 35.5. The van der Waals surface area contributed by atoms with Crippen LogP contribution in [-0.2, 0) is 19.0 Å². The number of fused-ring (bicyclic) bond motifs is 1. The van der Waals surface area contributed by atoms with Gasteiger partial charge in [-0.2, -0.15) is 18.2 Å². The number of aromatic nitrogens is 3. The number of rotatable bonds is 6. The van der Waals surface area contributed by atoms with Gasteiger partial charge in [0, 0.05) is 28.7 Å². The molecule has 4 rings (SSSR count). The summed E-state index contributed by atoms with van der Waals surface area (Å²) in [4.78, 5) is 19.2. The Kier molecular flexibility index (Phi) is 5.88. The summed E-state index contributed by atoms with van der Waals surface area (Å²) < 4.78 is 57.5. The van der Waals surface area contributed by atoms with Crippen LogP contribution in [0.1, 0.15) is 33.2 Å². The Morgan fingerprint density at radius 3 is 2.75 bits per heavy atom. The maximum atomic E-state index is 13.2. The molecule has 6 nitrogen and oxygen atoms in total. The summed E-state index contributed by atoms with van der Waals surface area (Å²) in [6.07, 6.45) is -2.82. The number of carbonyl (C=O) groups excluding carboxylic acids is 1. The Morgan fingerprint density at radius 2 is 1.97 bits per heavy atom. The van der Waals surface area contributed by atoms with Crippen molar-refractivity contribution in [1.82, 2.24) is 20.4 Å². The molecule has 32 heavy (non-hydrogen) atoms. The molecule has 0 aliphatic carbocycles. The van der Waals surface area contributed by atoms with Crippen LogP contribution in [0.2, 0.25) is 5.02 Å². The highest BCUT2D eigenvalue weighted by Gasteiger charge is 2.34. The molecule has 0 aliphatic rings. The number of alkyl halides is 3. The maximum Gasteiger partial charge on any atom is 0.416 e. The smallest absolute Gasteiger partial charge is 0.361 e. The van der Waals surface area contributed by atoms with Crippen LogP contribution in [0.4, 0.5) is 17.6 Å². The van der Waals surface area contributed by atoms with Gasteiger partial charge in [-0.25, -0.2) is 4.39 Å². The van der Waals surface area contributed by atoms with Crippen LogP contribution >= 0.6 is 11.6 Å². The molecule has 0 aliphatic heterocycles. The van der Waals surface area contributed by atoms with Gasteiger partial charge in [-0.15, -0.1) is 0 Å². The summed E-state index contributed by atoms with van der Waals surface area (Å²) in [5.41, 5.74) is 0.484. The minimum absolute atomic E-state index is 0.196. The number of carbonyl (C=O) groups is 1. The van der Waals surface area contributed by atoms with Crippen molar-refractivity contribution in [2.24, 2.45) is 0 Å². The molecule has 166 valence electrons. The number of aromatic amines is 1. The fourth-order valence-corrected chi connectivity index (χ4v) is 3.47. The topological polar surface area (TPSA) is 83.8 Å². The number of amides is 1. The molecule has 0 unspecified atom stereocenters. The van der Waals surface area contributed by atoms with Gasteiger partial charge >= 0.3 is 6.18 Å². The zero-order valence-corrected chi connectivity index (χ0v) is 17.0. The zero-order chi connectivity index (χ0) is 22.9. The number of H-pyrrole nitrogens is 1. The van der Waals surface area contributed by atoms with Crippen molar-refractivity contribution in [2.75, 3.05) is 6.54 Å². The van der Waals surface area contributed by atoms with Gasteiger partial charge in [-0.3, -0.25) is 4.79 Å². The first-order valence-corrected chi connectivity index (χ1v) is 9.80. The molecular formula is C21H15ClF4N4O2. The van der Waals surface area contributed by atoms with Gasteiger partial charge in [-0.05, 0) is 47.9 Å². The van der Waals surface area contributed by atoms with Crippen molar-refractivity contribution in [3.05, 3.63) is 81.8 Å². The molecule has 2 heterocycles. The van der Waals surface area contributed by atoms with E-state index in [1.165, 1.54) is 0 Å². The largest absolute Gasteiger partial charge is 0.416 e.